The van der Waals surface area contributed by atoms with Crippen molar-refractivity contribution in [1.82, 2.24) is 0 Å². The van der Waals surface area contributed by atoms with Crippen LogP contribution in [0.2, 0.25) is 8.87 Å². The standard InChI is InChI=1S/C4H10N.C2H5.CH3S.Sn.H/c1-3-4(2)5;2*1-2;;/h4H,1,3,5H2,2H3;1H2,2H3;2H,1H2;;. The Morgan fingerprint density at radius 2 is 2.20 bits per heavy atom. The Kier molecular flexibility index (Phi) is 7.55. The molecule has 0 aliphatic rings. The molecule has 0 amide bonds. The third-order valence-corrected chi connectivity index (χ3v) is 13.4. The molecular weight excluding hydrogens is 249 g/mol. The number of hydrogen-bond acceptors (Lipinski definition) is 2. The summed E-state index contributed by atoms with van der Waals surface area (Å²) in [5.74, 6) is 0. The number of rotatable bonds is 5. The normalized spacial score (nSPS) is 16.8. The van der Waals surface area contributed by atoms with Crippen LogP contribution in [-0.4, -0.2) is 29.6 Å². The molecule has 2 atom stereocenters. The van der Waals surface area contributed by atoms with Crippen molar-refractivity contribution in [2.45, 2.75) is 35.2 Å². The van der Waals surface area contributed by atoms with Crippen molar-refractivity contribution in [1.29, 1.82) is 0 Å². The van der Waals surface area contributed by atoms with Crippen molar-refractivity contribution in [2.75, 3.05) is 3.77 Å². The second-order valence-corrected chi connectivity index (χ2v) is 15.4. The van der Waals surface area contributed by atoms with E-state index in [4.69, 9.17) is 5.73 Å². The zero-order valence-electron chi connectivity index (χ0n) is 7.01. The predicted molar refractivity (Wildman–Crippen MR) is 54.6 cm³/mol. The molecule has 3 heteroatoms. The Morgan fingerprint density at radius 3 is 2.50 bits per heavy atom. The van der Waals surface area contributed by atoms with Crippen molar-refractivity contribution in [3.05, 3.63) is 0 Å². The van der Waals surface area contributed by atoms with Crippen LogP contribution in [0.15, 0.2) is 0 Å². The van der Waals surface area contributed by atoms with Crippen LogP contribution in [0.4, 0.5) is 0 Å². The summed E-state index contributed by atoms with van der Waals surface area (Å²) in [5, 5.41) is 0. The van der Waals surface area contributed by atoms with Gasteiger partial charge in [-0.1, -0.05) is 0 Å². The fraction of sp³-hybridized carbons (Fsp3) is 1.00. The van der Waals surface area contributed by atoms with E-state index in [1.54, 1.807) is 0 Å². The van der Waals surface area contributed by atoms with Crippen molar-refractivity contribution in [3.8, 4) is 0 Å². The van der Waals surface area contributed by atoms with Crippen LogP contribution in [-0.2, 0) is 0 Å². The van der Waals surface area contributed by atoms with Crippen molar-refractivity contribution >= 4 is 32.4 Å². The summed E-state index contributed by atoms with van der Waals surface area (Å²) < 4.78 is 4.10. The van der Waals surface area contributed by atoms with Gasteiger partial charge in [-0.3, -0.25) is 0 Å². The van der Waals surface area contributed by atoms with Crippen LogP contribution < -0.4 is 5.73 Å². The molecule has 0 saturated carbocycles. The zero-order chi connectivity index (χ0) is 7.98. The maximum atomic E-state index is 5.66. The molecule has 0 bridgehead atoms. The molecule has 10 heavy (non-hydrogen) atoms. The van der Waals surface area contributed by atoms with Gasteiger partial charge in [-0.05, 0) is 0 Å². The molecule has 0 spiro atoms. The topological polar surface area (TPSA) is 26.0 Å². The summed E-state index contributed by atoms with van der Waals surface area (Å²) in [6, 6.07) is 0.408. The van der Waals surface area contributed by atoms with Crippen LogP contribution in [0.1, 0.15) is 20.3 Å². The molecule has 0 aromatic heterocycles. The quantitative estimate of drug-likeness (QED) is 0.572. The van der Waals surface area contributed by atoms with Crippen molar-refractivity contribution in [3.63, 3.8) is 0 Å². The van der Waals surface area contributed by atoms with Gasteiger partial charge in [-0.2, -0.15) is 0 Å². The Morgan fingerprint density at radius 1 is 1.60 bits per heavy atom. The van der Waals surface area contributed by atoms with Crippen LogP contribution in [0, 0.1) is 0 Å². The van der Waals surface area contributed by atoms with E-state index < -0.39 is 19.8 Å². The molecule has 0 saturated heterocycles. The minimum absolute atomic E-state index is 0.408. The Bertz CT molecular complexity index is 74.0. The van der Waals surface area contributed by atoms with Gasteiger partial charge in [-0.25, -0.2) is 0 Å². The predicted octanol–water partition coefficient (Wildman–Crippen LogP) is 1.44. The molecule has 0 aliphatic heterocycles. The fourth-order valence-electron chi connectivity index (χ4n) is 0.923. The molecule has 0 rings (SSSR count). The molecule has 2 unspecified atom stereocenters. The third kappa shape index (κ3) is 5.86. The Labute approximate surface area is 76.9 Å². The molecule has 0 fully saturated rings. The first-order chi connectivity index (χ1) is 4.70. The van der Waals surface area contributed by atoms with Gasteiger partial charge < -0.3 is 0 Å². The average molecular weight is 268 g/mol. The maximum absolute atomic E-state index is 5.66. The molecule has 0 aromatic rings. The summed E-state index contributed by atoms with van der Waals surface area (Å²) in [7, 11) is 0. The first-order valence-corrected chi connectivity index (χ1v) is 11.7. The van der Waals surface area contributed by atoms with E-state index in [0.717, 1.165) is 0 Å². The van der Waals surface area contributed by atoms with Crippen molar-refractivity contribution < 1.29 is 0 Å². The number of hydrogen-bond donors (Lipinski definition) is 2. The molecule has 1 nitrogen and oxygen atoms in total. The van der Waals surface area contributed by atoms with Gasteiger partial charge in [0.25, 0.3) is 0 Å². The van der Waals surface area contributed by atoms with Gasteiger partial charge in [0.2, 0.25) is 0 Å². The number of thiol groups is 1. The van der Waals surface area contributed by atoms with Crippen LogP contribution in [0.5, 0.6) is 0 Å². The summed E-state index contributed by atoms with van der Waals surface area (Å²) in [5.41, 5.74) is 5.66. The van der Waals surface area contributed by atoms with Crippen LogP contribution >= 0.6 is 12.6 Å². The molecular formula is C7H19NSSn. The van der Waals surface area contributed by atoms with Gasteiger partial charge in [0.15, 0.2) is 0 Å². The zero-order valence-corrected chi connectivity index (χ0v) is 11.2. The van der Waals surface area contributed by atoms with E-state index in [2.05, 4.69) is 26.5 Å². The van der Waals surface area contributed by atoms with Gasteiger partial charge in [0.1, 0.15) is 0 Å². The van der Waals surface area contributed by atoms with Crippen molar-refractivity contribution in [2.24, 2.45) is 5.73 Å². The first-order valence-electron chi connectivity index (χ1n) is 4.07. The summed E-state index contributed by atoms with van der Waals surface area (Å²) >= 11 is 3.25. The Balaban J connectivity index is 3.26. The molecule has 0 aromatic carbocycles. The van der Waals surface area contributed by atoms with E-state index in [9.17, 15) is 0 Å². The molecule has 2 N–H and O–H groups in total. The van der Waals surface area contributed by atoms with E-state index >= 15 is 0 Å². The minimum atomic E-state index is -1.10. The fourth-order valence-corrected chi connectivity index (χ4v) is 9.15. The third-order valence-electron chi connectivity index (χ3n) is 1.87. The van der Waals surface area contributed by atoms with Crippen LogP contribution in [0.3, 0.4) is 0 Å². The van der Waals surface area contributed by atoms with Gasteiger partial charge in [0.05, 0.1) is 0 Å². The first kappa shape index (κ1) is 11.1. The molecule has 62 valence electrons. The van der Waals surface area contributed by atoms with E-state index in [-0.39, 0.29) is 0 Å². The summed E-state index contributed by atoms with van der Waals surface area (Å²) in [6.07, 6.45) is 1.23. The average Bonchev–Trinajstić information content (AvgIpc) is 1.90. The van der Waals surface area contributed by atoms with Gasteiger partial charge in [-0.15, -0.1) is 0 Å². The van der Waals surface area contributed by atoms with E-state index in [1.165, 1.54) is 19.1 Å². The van der Waals surface area contributed by atoms with Gasteiger partial charge in [0, 0.05) is 0 Å². The molecule has 0 heterocycles. The summed E-state index contributed by atoms with van der Waals surface area (Å²) in [6.45, 7) is 4.40. The Hall–Kier alpha value is 1.11. The second-order valence-electron chi connectivity index (χ2n) is 3.01. The van der Waals surface area contributed by atoms with Crippen LogP contribution in [0.25, 0.3) is 0 Å². The summed E-state index contributed by atoms with van der Waals surface area (Å²) in [4.78, 5) is 0. The second kappa shape index (κ2) is 6.80. The molecule has 0 aliphatic carbocycles. The molecule has 0 radical (unpaired) electrons. The SMILES string of the molecule is C[CH2][SnH]([CH2]S)[CH2]CC(C)N. The number of nitrogens with two attached hydrogens (primary N) is 1. The van der Waals surface area contributed by atoms with E-state index in [0.29, 0.717) is 6.04 Å². The van der Waals surface area contributed by atoms with E-state index in [1.807, 2.05) is 0 Å². The van der Waals surface area contributed by atoms with Gasteiger partial charge >= 0.3 is 77.1 Å². The monoisotopic (exact) mass is 269 g/mol.